The van der Waals surface area contributed by atoms with Crippen molar-refractivity contribution in [3.63, 3.8) is 0 Å². The zero-order valence-electron chi connectivity index (χ0n) is 42.9. The molecule has 2 aromatic heterocycles. The Labute approximate surface area is 418 Å². The quantitative estimate of drug-likeness (QED) is 0.0673. The van der Waals surface area contributed by atoms with E-state index in [-0.39, 0.29) is 10.8 Å². The van der Waals surface area contributed by atoms with Gasteiger partial charge in [0.15, 0.2) is 0 Å². The molecule has 0 aliphatic carbocycles. The predicted molar refractivity (Wildman–Crippen MR) is 299 cm³/mol. The minimum absolute atomic E-state index is 0.0768. The fraction of sp³-hybridized carbons (Fsp3) is 0.369. The number of fused-ring (bicyclic) bond motifs is 3. The highest BCUT2D eigenvalue weighted by Gasteiger charge is 2.20. The molecule has 8 rings (SSSR count). The van der Waals surface area contributed by atoms with Crippen molar-refractivity contribution >= 4 is 31.5 Å². The minimum Gasteiger partial charge on any atom is -0.493 e. The van der Waals surface area contributed by atoms with Gasteiger partial charge < -0.3 is 9.47 Å². The minimum atomic E-state index is 0.0768. The summed E-state index contributed by atoms with van der Waals surface area (Å²) in [6, 6.07) is 49.8. The van der Waals surface area contributed by atoms with Crippen LogP contribution in [0.25, 0.3) is 75.9 Å². The van der Waals surface area contributed by atoms with Crippen LogP contribution in [-0.2, 0) is 10.8 Å². The monoisotopic (exact) mass is 934 g/mol. The molecule has 0 N–H and O–H groups in total. The fourth-order valence-corrected chi connectivity index (χ4v) is 10.6. The maximum atomic E-state index is 6.99. The third-order valence-electron chi connectivity index (χ3n) is 13.7. The molecule has 3 nitrogen and oxygen atoms in total. The summed E-state index contributed by atoms with van der Waals surface area (Å²) in [5, 5.41) is 2.42. The molecule has 0 fully saturated rings. The molecule has 0 amide bonds. The Bertz CT molecular complexity index is 2840. The van der Waals surface area contributed by atoms with Gasteiger partial charge in [-0.25, -0.2) is 0 Å². The van der Waals surface area contributed by atoms with Crippen LogP contribution < -0.4 is 9.47 Å². The number of ether oxygens (including phenoxy) is 2. The summed E-state index contributed by atoms with van der Waals surface area (Å²) in [6.07, 6.45) is 16.5. The van der Waals surface area contributed by atoms with Gasteiger partial charge in [0.05, 0.1) is 18.9 Å². The average Bonchev–Trinajstić information content (AvgIpc) is 3.71. The first-order valence-corrected chi connectivity index (χ1v) is 26.9. The van der Waals surface area contributed by atoms with Crippen LogP contribution in [0.3, 0.4) is 0 Å². The molecule has 0 bridgehead atoms. The van der Waals surface area contributed by atoms with Crippen LogP contribution in [0.5, 0.6) is 11.5 Å². The molecule has 8 aromatic rings. The van der Waals surface area contributed by atoms with Crippen molar-refractivity contribution in [2.45, 2.75) is 143 Å². The van der Waals surface area contributed by atoms with Gasteiger partial charge in [-0.15, -0.1) is 11.3 Å². The lowest BCUT2D eigenvalue weighted by Crippen LogP contribution is -2.10. The van der Waals surface area contributed by atoms with Crippen molar-refractivity contribution in [2.75, 3.05) is 13.2 Å². The first-order valence-electron chi connectivity index (χ1n) is 26.1. The third kappa shape index (κ3) is 12.6. The van der Waals surface area contributed by atoms with Gasteiger partial charge in [-0.3, -0.25) is 4.98 Å². The summed E-state index contributed by atoms with van der Waals surface area (Å²) in [7, 11) is 0. The van der Waals surface area contributed by atoms with Crippen molar-refractivity contribution in [3.8, 4) is 67.3 Å². The molecule has 0 radical (unpaired) electrons. The van der Waals surface area contributed by atoms with E-state index in [4.69, 9.17) is 9.47 Å². The Balaban J connectivity index is 1.26. The second kappa shape index (κ2) is 22.8. The number of hydrogen-bond donors (Lipinski definition) is 0. The normalized spacial score (nSPS) is 12.0. The first-order chi connectivity index (χ1) is 33.4. The fourth-order valence-electron chi connectivity index (χ4n) is 9.47. The molecule has 358 valence electrons. The van der Waals surface area contributed by atoms with Crippen molar-refractivity contribution in [1.29, 1.82) is 0 Å². The molecule has 4 heteroatoms. The molecular weight excluding hydrogens is 859 g/mol. The molecule has 6 aromatic carbocycles. The van der Waals surface area contributed by atoms with Crippen LogP contribution in [0.1, 0.15) is 144 Å². The highest BCUT2D eigenvalue weighted by atomic mass is 32.1. The van der Waals surface area contributed by atoms with Crippen molar-refractivity contribution in [2.24, 2.45) is 0 Å². The van der Waals surface area contributed by atoms with Crippen LogP contribution in [0, 0.1) is 0 Å². The molecule has 0 saturated heterocycles. The standard InChI is InChI=1S/C65H75NO2S/c1-9-11-13-15-17-21-36-67-60-42-57-58-43-61(68-37-22-18-16-14-12-10-2)56(45-63(58)69-62(57)44-55(60)48-24-23-25-49(38-48)59-26-19-20-35-66-59)52-40-50(46-27-31-53(32-28-46)64(3,4)5)39-51(41-52)47-29-33-54(34-30-47)65(6,7)8/h19-20,23-35,38-45H,9-18,21-22,36-37H2,1-8H3. The number of aromatic nitrogens is 1. The van der Waals surface area contributed by atoms with Crippen molar-refractivity contribution in [1.82, 2.24) is 4.98 Å². The Morgan fingerprint density at radius 2 is 0.855 bits per heavy atom. The Kier molecular flexibility index (Phi) is 16.4. The second-order valence-electron chi connectivity index (χ2n) is 21.3. The largest absolute Gasteiger partial charge is 0.493 e. The zero-order chi connectivity index (χ0) is 48.4. The molecule has 0 unspecified atom stereocenters. The molecule has 69 heavy (non-hydrogen) atoms. The Morgan fingerprint density at radius 3 is 1.33 bits per heavy atom. The van der Waals surface area contributed by atoms with Gasteiger partial charge in [0.25, 0.3) is 0 Å². The lowest BCUT2D eigenvalue weighted by Gasteiger charge is -2.20. The van der Waals surface area contributed by atoms with E-state index in [2.05, 4.69) is 188 Å². The summed E-state index contributed by atoms with van der Waals surface area (Å²) in [5.74, 6) is 1.87. The number of rotatable bonds is 21. The smallest absolute Gasteiger partial charge is 0.127 e. The Morgan fingerprint density at radius 1 is 0.406 bits per heavy atom. The SMILES string of the molecule is CCCCCCCCOc1cc2c(cc1-c1cc(-c3ccc(C(C)(C)C)cc3)cc(-c3ccc(C(C)(C)C)cc3)c1)sc1cc(-c3cccc(-c4ccccn4)c3)c(OCCCCCCCC)cc12. The van der Waals surface area contributed by atoms with Gasteiger partial charge in [-0.2, -0.15) is 0 Å². The van der Waals surface area contributed by atoms with Gasteiger partial charge in [-0.05, 0) is 129 Å². The van der Waals surface area contributed by atoms with Gasteiger partial charge in [-0.1, -0.05) is 192 Å². The number of benzene rings is 6. The van der Waals surface area contributed by atoms with Gasteiger partial charge in [0.2, 0.25) is 0 Å². The van der Waals surface area contributed by atoms with Crippen LogP contribution in [0.4, 0.5) is 0 Å². The van der Waals surface area contributed by atoms with E-state index >= 15 is 0 Å². The van der Waals surface area contributed by atoms with Crippen LogP contribution in [-0.4, -0.2) is 18.2 Å². The van der Waals surface area contributed by atoms with E-state index in [1.54, 1.807) is 0 Å². The number of unbranched alkanes of at least 4 members (excludes halogenated alkanes) is 10. The van der Waals surface area contributed by atoms with E-state index in [9.17, 15) is 0 Å². The molecule has 0 spiro atoms. The first kappa shape index (κ1) is 49.7. The summed E-state index contributed by atoms with van der Waals surface area (Å²) >= 11 is 1.86. The maximum absolute atomic E-state index is 6.99. The van der Waals surface area contributed by atoms with Crippen LogP contribution in [0.2, 0.25) is 0 Å². The number of pyridine rings is 1. The highest BCUT2D eigenvalue weighted by Crippen LogP contribution is 2.47. The van der Waals surface area contributed by atoms with E-state index in [1.165, 1.54) is 118 Å². The summed E-state index contributed by atoms with van der Waals surface area (Å²) in [5.41, 5.74) is 14.2. The van der Waals surface area contributed by atoms with Gasteiger partial charge in [0, 0.05) is 43.1 Å². The van der Waals surface area contributed by atoms with Crippen molar-refractivity contribution < 1.29 is 9.47 Å². The molecule has 0 saturated carbocycles. The van der Waals surface area contributed by atoms with E-state index < -0.39 is 0 Å². The summed E-state index contributed by atoms with van der Waals surface area (Å²) in [6.45, 7) is 19.6. The van der Waals surface area contributed by atoms with E-state index in [1.807, 2.05) is 23.6 Å². The van der Waals surface area contributed by atoms with Crippen LogP contribution >= 0.6 is 11.3 Å². The van der Waals surface area contributed by atoms with E-state index in [0.717, 1.165) is 57.9 Å². The number of hydrogen-bond acceptors (Lipinski definition) is 4. The average molecular weight is 934 g/mol. The lowest BCUT2D eigenvalue weighted by atomic mass is 9.85. The number of nitrogens with zero attached hydrogens (tertiary/aromatic N) is 1. The van der Waals surface area contributed by atoms with E-state index in [0.29, 0.717) is 13.2 Å². The van der Waals surface area contributed by atoms with Crippen molar-refractivity contribution in [3.05, 3.63) is 151 Å². The summed E-state index contributed by atoms with van der Waals surface area (Å²) in [4.78, 5) is 4.69. The Hall–Kier alpha value is -5.71. The second-order valence-corrected chi connectivity index (χ2v) is 22.4. The molecular formula is C65H75NO2S. The zero-order valence-corrected chi connectivity index (χ0v) is 43.7. The summed E-state index contributed by atoms with van der Waals surface area (Å²) < 4.78 is 16.3. The molecule has 2 heterocycles. The van der Waals surface area contributed by atoms with Gasteiger partial charge in [0.1, 0.15) is 11.5 Å². The molecule has 0 aliphatic rings. The maximum Gasteiger partial charge on any atom is 0.127 e. The number of thiophene rings is 1. The van der Waals surface area contributed by atoms with Gasteiger partial charge >= 0.3 is 0 Å². The predicted octanol–water partition coefficient (Wildman–Crippen LogP) is 19.9. The molecule has 0 atom stereocenters. The highest BCUT2D eigenvalue weighted by molar-refractivity contribution is 7.25. The molecule has 0 aliphatic heterocycles. The van der Waals surface area contributed by atoms with Crippen LogP contribution in [0.15, 0.2) is 140 Å². The lowest BCUT2D eigenvalue weighted by molar-refractivity contribution is 0.305. The topological polar surface area (TPSA) is 31.4 Å². The third-order valence-corrected chi connectivity index (χ3v) is 14.8.